The van der Waals surface area contributed by atoms with Gasteiger partial charge >= 0.3 is 5.56 Å². The van der Waals surface area contributed by atoms with E-state index < -0.39 is 0 Å². The Morgan fingerprint density at radius 1 is 1.00 bits per heavy atom. The first-order valence-electron chi connectivity index (χ1n) is 8.19. The van der Waals surface area contributed by atoms with Crippen LogP contribution in [0.5, 0.6) is 17.2 Å². The second-order valence-corrected chi connectivity index (χ2v) is 6.92. The molecular formula is C20H19BrN2O3. The van der Waals surface area contributed by atoms with Gasteiger partial charge in [-0.15, -0.1) is 0 Å². The summed E-state index contributed by atoms with van der Waals surface area (Å²) < 4.78 is 12.7. The molecule has 5 nitrogen and oxygen atoms in total. The first-order valence-corrected chi connectivity index (χ1v) is 8.99. The molecule has 0 radical (unpaired) electrons. The Bertz CT molecular complexity index is 948. The zero-order chi connectivity index (χ0) is 18.7. The highest BCUT2D eigenvalue weighted by atomic mass is 79.9. The number of halogens is 1. The number of benzene rings is 2. The maximum atomic E-state index is 12.9. The van der Waals surface area contributed by atoms with Gasteiger partial charge in [-0.1, -0.05) is 26.0 Å². The monoisotopic (exact) mass is 414 g/mol. The fourth-order valence-electron chi connectivity index (χ4n) is 2.46. The Labute approximate surface area is 160 Å². The summed E-state index contributed by atoms with van der Waals surface area (Å²) >= 11 is 3.34. The highest BCUT2D eigenvalue weighted by Crippen LogP contribution is 2.27. The topological polar surface area (TPSA) is 53.4 Å². The lowest BCUT2D eigenvalue weighted by Gasteiger charge is -2.11. The van der Waals surface area contributed by atoms with Gasteiger partial charge in [0.25, 0.3) is 0 Å². The molecule has 0 N–H and O–H groups in total. The lowest BCUT2D eigenvalue weighted by Crippen LogP contribution is -2.22. The molecule has 6 heteroatoms. The van der Waals surface area contributed by atoms with Crippen LogP contribution in [0.25, 0.3) is 5.69 Å². The average molecular weight is 415 g/mol. The van der Waals surface area contributed by atoms with Gasteiger partial charge in [0.2, 0.25) is 5.75 Å². The van der Waals surface area contributed by atoms with E-state index in [0.29, 0.717) is 27.6 Å². The molecule has 0 aliphatic carbocycles. The van der Waals surface area contributed by atoms with Crippen LogP contribution in [-0.2, 0) is 0 Å². The van der Waals surface area contributed by atoms with Gasteiger partial charge in [0.1, 0.15) is 11.5 Å². The average Bonchev–Trinajstić information content (AvgIpc) is 2.66. The third-order valence-electron chi connectivity index (χ3n) is 3.97. The van der Waals surface area contributed by atoms with E-state index in [2.05, 4.69) is 34.9 Å². The van der Waals surface area contributed by atoms with Gasteiger partial charge in [0.05, 0.1) is 23.5 Å². The highest BCUT2D eigenvalue weighted by Gasteiger charge is 2.14. The SMILES string of the molecule is COc1ccc(Oc2c(Br)cnn(-c3ccc(C(C)C)cc3)c2=O)cc1. The van der Waals surface area contributed by atoms with Crippen LogP contribution in [-0.4, -0.2) is 16.9 Å². The van der Waals surface area contributed by atoms with E-state index in [1.807, 2.05) is 24.3 Å². The van der Waals surface area contributed by atoms with Crippen molar-refractivity contribution in [3.8, 4) is 22.9 Å². The maximum Gasteiger partial charge on any atom is 0.315 e. The van der Waals surface area contributed by atoms with E-state index >= 15 is 0 Å². The predicted molar refractivity (Wildman–Crippen MR) is 105 cm³/mol. The summed E-state index contributed by atoms with van der Waals surface area (Å²) in [4.78, 5) is 12.9. The normalized spacial score (nSPS) is 10.8. The minimum atomic E-state index is -0.340. The predicted octanol–water partition coefficient (Wildman–Crippen LogP) is 4.92. The molecule has 0 saturated heterocycles. The fourth-order valence-corrected chi connectivity index (χ4v) is 2.80. The van der Waals surface area contributed by atoms with Gasteiger partial charge in [-0.3, -0.25) is 4.79 Å². The van der Waals surface area contributed by atoms with Gasteiger partial charge in [0, 0.05) is 0 Å². The van der Waals surface area contributed by atoms with Crippen LogP contribution < -0.4 is 15.0 Å². The highest BCUT2D eigenvalue weighted by molar-refractivity contribution is 9.10. The quantitative estimate of drug-likeness (QED) is 0.594. The molecule has 0 aliphatic rings. The zero-order valence-corrected chi connectivity index (χ0v) is 16.4. The van der Waals surface area contributed by atoms with Crippen LogP contribution in [0.2, 0.25) is 0 Å². The van der Waals surface area contributed by atoms with Gasteiger partial charge in [-0.05, 0) is 63.8 Å². The van der Waals surface area contributed by atoms with Gasteiger partial charge in [0.15, 0.2) is 0 Å². The molecule has 134 valence electrons. The molecule has 1 heterocycles. The van der Waals surface area contributed by atoms with E-state index in [1.165, 1.54) is 10.2 Å². The Hall–Kier alpha value is -2.60. The zero-order valence-electron chi connectivity index (χ0n) is 14.8. The summed E-state index contributed by atoms with van der Waals surface area (Å²) in [6, 6.07) is 14.8. The van der Waals surface area contributed by atoms with E-state index in [0.717, 1.165) is 0 Å². The van der Waals surface area contributed by atoms with Crippen LogP contribution in [0, 0.1) is 0 Å². The fraction of sp³-hybridized carbons (Fsp3) is 0.200. The molecule has 0 atom stereocenters. The number of hydrogen-bond acceptors (Lipinski definition) is 4. The molecule has 26 heavy (non-hydrogen) atoms. The number of hydrogen-bond donors (Lipinski definition) is 0. The lowest BCUT2D eigenvalue weighted by molar-refractivity contribution is 0.412. The van der Waals surface area contributed by atoms with Crippen molar-refractivity contribution in [2.75, 3.05) is 7.11 Å². The van der Waals surface area contributed by atoms with Gasteiger partial charge in [-0.2, -0.15) is 9.78 Å². The molecule has 0 saturated carbocycles. The Balaban J connectivity index is 1.96. The summed E-state index contributed by atoms with van der Waals surface area (Å²) in [7, 11) is 1.60. The van der Waals surface area contributed by atoms with Crippen LogP contribution in [0.4, 0.5) is 0 Å². The number of ether oxygens (including phenoxy) is 2. The van der Waals surface area contributed by atoms with Crippen molar-refractivity contribution < 1.29 is 9.47 Å². The summed E-state index contributed by atoms with van der Waals surface area (Å²) in [6.07, 6.45) is 1.55. The summed E-state index contributed by atoms with van der Waals surface area (Å²) in [5.74, 6) is 1.86. The largest absolute Gasteiger partial charge is 0.497 e. The van der Waals surface area contributed by atoms with E-state index in [-0.39, 0.29) is 11.3 Å². The van der Waals surface area contributed by atoms with Crippen LogP contribution in [0.3, 0.4) is 0 Å². The van der Waals surface area contributed by atoms with Crippen LogP contribution in [0.1, 0.15) is 25.3 Å². The molecule has 0 fully saturated rings. The molecule has 0 aliphatic heterocycles. The third kappa shape index (κ3) is 3.80. The van der Waals surface area contributed by atoms with E-state index in [1.54, 1.807) is 37.6 Å². The second kappa shape index (κ2) is 7.74. The number of rotatable bonds is 5. The van der Waals surface area contributed by atoms with Crippen molar-refractivity contribution in [2.24, 2.45) is 0 Å². The summed E-state index contributed by atoms with van der Waals surface area (Å²) in [5.41, 5.74) is 1.55. The minimum absolute atomic E-state index is 0.179. The third-order valence-corrected chi connectivity index (χ3v) is 4.54. The molecule has 0 spiro atoms. The molecule has 0 unspecified atom stereocenters. The lowest BCUT2D eigenvalue weighted by atomic mass is 10.0. The van der Waals surface area contributed by atoms with Crippen LogP contribution in [0.15, 0.2) is 64.0 Å². The Morgan fingerprint density at radius 2 is 1.62 bits per heavy atom. The standard InChI is InChI=1S/C20H19BrN2O3/c1-13(2)14-4-6-15(7-5-14)23-20(24)19(18(21)12-22-23)26-17-10-8-16(25-3)9-11-17/h4-13H,1-3H3. The molecule has 2 aromatic carbocycles. The van der Waals surface area contributed by atoms with E-state index in [4.69, 9.17) is 9.47 Å². The van der Waals surface area contributed by atoms with Crippen LogP contribution >= 0.6 is 15.9 Å². The smallest absolute Gasteiger partial charge is 0.315 e. The Kier molecular flexibility index (Phi) is 5.42. The van der Waals surface area contributed by atoms with Crippen molar-refractivity contribution in [1.29, 1.82) is 0 Å². The van der Waals surface area contributed by atoms with Crippen molar-refractivity contribution in [3.63, 3.8) is 0 Å². The van der Waals surface area contributed by atoms with Crippen molar-refractivity contribution >= 4 is 15.9 Å². The van der Waals surface area contributed by atoms with Crippen molar-refractivity contribution in [3.05, 3.63) is 75.1 Å². The number of nitrogens with zero attached hydrogens (tertiary/aromatic N) is 2. The first kappa shape index (κ1) is 18.2. The molecule has 0 amide bonds. The first-order chi connectivity index (χ1) is 12.5. The summed E-state index contributed by atoms with van der Waals surface area (Å²) in [5, 5.41) is 4.21. The van der Waals surface area contributed by atoms with Gasteiger partial charge in [-0.25, -0.2) is 0 Å². The van der Waals surface area contributed by atoms with Gasteiger partial charge < -0.3 is 9.47 Å². The second-order valence-electron chi connectivity index (χ2n) is 6.06. The molecule has 3 rings (SSSR count). The molecule has 3 aromatic rings. The Morgan fingerprint density at radius 3 is 2.19 bits per heavy atom. The minimum Gasteiger partial charge on any atom is -0.497 e. The molecule has 1 aromatic heterocycles. The molecular weight excluding hydrogens is 396 g/mol. The van der Waals surface area contributed by atoms with Crippen molar-refractivity contribution in [2.45, 2.75) is 19.8 Å². The van der Waals surface area contributed by atoms with E-state index in [9.17, 15) is 4.79 Å². The summed E-state index contributed by atoms with van der Waals surface area (Å²) in [6.45, 7) is 4.25. The number of aromatic nitrogens is 2. The maximum absolute atomic E-state index is 12.9. The van der Waals surface area contributed by atoms with Crippen molar-refractivity contribution in [1.82, 2.24) is 9.78 Å². The number of methoxy groups -OCH3 is 1. The molecule has 0 bridgehead atoms.